The number of β-amino-alcohol motifs (C(OH)–C–C–N with tert-alkyl or cyclic N) is 2. The summed E-state index contributed by atoms with van der Waals surface area (Å²) in [6.45, 7) is 19.8. The molecule has 6 aromatic rings. The van der Waals surface area contributed by atoms with Crippen LogP contribution in [0, 0.1) is 15.0 Å². The Morgan fingerprint density at radius 3 is 1.54 bits per heavy atom. The number of nitrogens with zero attached hydrogens (tertiary/aromatic N) is 5. The molecule has 32 nitrogen and oxygen atoms in total. The van der Waals surface area contributed by atoms with Crippen LogP contribution in [0.4, 0.5) is 24.5 Å². The third-order valence-corrected chi connectivity index (χ3v) is 23.5. The van der Waals surface area contributed by atoms with Gasteiger partial charge in [0.25, 0.3) is 0 Å². The van der Waals surface area contributed by atoms with Gasteiger partial charge in [-0.05, 0) is 189 Å². The topological polar surface area (TPSA) is 468 Å². The predicted molar refractivity (Wildman–Crippen MR) is 488 cm³/mol. The summed E-state index contributed by atoms with van der Waals surface area (Å²) in [6.07, 6.45) is 10.5. The third-order valence-electron chi connectivity index (χ3n) is 21.5. The van der Waals surface area contributed by atoms with E-state index in [1.54, 1.807) is 73.5 Å². The first kappa shape index (κ1) is 134. The Labute approximate surface area is 933 Å². The van der Waals surface area contributed by atoms with Crippen molar-refractivity contribution in [2.45, 2.75) is 192 Å². The van der Waals surface area contributed by atoms with Crippen LogP contribution >= 0.6 is 35.6 Å². The van der Waals surface area contributed by atoms with Crippen LogP contribution in [-0.2, 0) is 104 Å². The Kier molecular flexibility index (Phi) is 70.2. The number of alkyl halides is 3. The van der Waals surface area contributed by atoms with Crippen molar-refractivity contribution in [3.63, 3.8) is 0 Å². The number of aldehydes is 1. The number of methoxy groups -OCH3 is 6. The van der Waals surface area contributed by atoms with Gasteiger partial charge in [-0.1, -0.05) is 100 Å². The van der Waals surface area contributed by atoms with Gasteiger partial charge in [-0.15, -0.1) is 35.5 Å². The van der Waals surface area contributed by atoms with Gasteiger partial charge in [-0.25, -0.2) is 8.42 Å². The molecule has 728 valence electrons. The van der Waals surface area contributed by atoms with Crippen molar-refractivity contribution < 1.29 is 285 Å². The van der Waals surface area contributed by atoms with Crippen LogP contribution in [0.15, 0.2) is 96.8 Å². The first-order valence-electron chi connectivity index (χ1n) is 41.6. The molecule has 2 fully saturated rings. The molecule has 2 unspecified atom stereocenters. The number of nitro benzene ring substituents is 1. The van der Waals surface area contributed by atoms with Gasteiger partial charge in [-0.3, -0.25) is 44.0 Å². The number of carbonyl (C=O) groups is 4. The largest absolute Gasteiger partial charge is 1.00 e. The number of aliphatic hydroxyl groups is 3. The number of nitrogens with one attached hydrogen (secondary N) is 1. The van der Waals surface area contributed by atoms with Crippen molar-refractivity contribution in [2.24, 2.45) is 5.34 Å². The Bertz CT molecular complexity index is 4800. The number of carbonyl (C=O) groups excluding carboxylic acids is 4. The number of aliphatic hydroxyl groups excluding tert-OH is 2. The van der Waals surface area contributed by atoms with Gasteiger partial charge < -0.3 is 76.1 Å². The number of piperazine rings is 2. The summed E-state index contributed by atoms with van der Waals surface area (Å²) in [4.78, 5) is 69.5. The number of hydrogen-bond donors (Lipinski definition) is 5. The monoisotopic (exact) mass is 2050 g/mol. The molecule has 8 aliphatic rings. The summed E-state index contributed by atoms with van der Waals surface area (Å²) in [5.74, 6) is 5.12. The zero-order valence-electron chi connectivity index (χ0n) is 79.2. The molecule has 2 heterocycles. The molecule has 6 N–H and O–H groups in total. The second-order valence-corrected chi connectivity index (χ2v) is 34.2. The molecule has 2 saturated heterocycles. The Hall–Kier alpha value is -3.76. The zero-order chi connectivity index (χ0) is 95.5. The first-order chi connectivity index (χ1) is 60.6. The number of nitro groups is 1. The van der Waals surface area contributed by atoms with Crippen molar-refractivity contribution in [1.82, 2.24) is 20.0 Å². The van der Waals surface area contributed by atoms with E-state index in [4.69, 9.17) is 95.2 Å². The summed E-state index contributed by atoms with van der Waals surface area (Å²) in [6, 6.07) is 26.8. The van der Waals surface area contributed by atoms with Crippen LogP contribution in [0.2, 0.25) is 10.0 Å². The number of anilines is 1. The fourth-order valence-corrected chi connectivity index (χ4v) is 16.9. The average Bonchev–Trinajstić information content (AvgIpc) is 1.67. The minimum Gasteiger partial charge on any atom is -1.00 e. The van der Waals surface area contributed by atoms with E-state index < -0.39 is 48.6 Å². The van der Waals surface area contributed by atoms with Crippen molar-refractivity contribution in [2.75, 3.05) is 127 Å². The molecule has 0 saturated carbocycles. The Balaban J connectivity index is -0.000000719. The van der Waals surface area contributed by atoms with Crippen molar-refractivity contribution in [1.29, 1.82) is 0 Å². The van der Waals surface area contributed by atoms with Gasteiger partial charge in [0, 0.05) is 143 Å². The Morgan fingerprint density at radius 2 is 1.07 bits per heavy atom. The van der Waals surface area contributed by atoms with Gasteiger partial charge in [0.1, 0.15) is 55.8 Å². The summed E-state index contributed by atoms with van der Waals surface area (Å²) in [5.41, 5.74) is 19.4. The number of hydrogen-bond acceptors (Lipinski definition) is 31. The molecule has 2 atom stereocenters. The molecule has 0 radical (unpaired) electrons. The maximum Gasteiger partial charge on any atom is 1.00 e. The number of ether oxygens (including phenoxy) is 6. The summed E-state index contributed by atoms with van der Waals surface area (Å²) in [7, 11) is 1.82. The molecular weight excluding hydrogens is 1930 g/mol. The van der Waals surface area contributed by atoms with E-state index in [9.17, 15) is 60.9 Å². The van der Waals surface area contributed by atoms with E-state index in [0.29, 0.717) is 91.5 Å². The van der Waals surface area contributed by atoms with Gasteiger partial charge >= 0.3 is 184 Å². The van der Waals surface area contributed by atoms with Crippen LogP contribution in [-0.4, -0.2) is 228 Å². The van der Waals surface area contributed by atoms with Gasteiger partial charge in [0.05, 0.1) is 71.5 Å². The minimum absolute atomic E-state index is 0. The van der Waals surface area contributed by atoms with E-state index in [-0.39, 0.29) is 243 Å². The quantitative estimate of drug-likeness (QED) is 0.0107. The number of halogens is 6. The number of nitrogen functional groups attached to an aromatic ring is 1. The van der Waals surface area contributed by atoms with E-state index >= 15 is 0 Å². The molecule has 0 aromatic heterocycles. The molecule has 0 spiro atoms. The number of nitrogens with two attached hydrogens (primary N) is 1. The van der Waals surface area contributed by atoms with Crippen molar-refractivity contribution >= 4 is 96.9 Å². The fraction of sp³-hybridized carbons (Fsp3) is 0.533. The second kappa shape index (κ2) is 70.0. The van der Waals surface area contributed by atoms with Crippen LogP contribution < -0.4 is 212 Å². The SMILES string of the molecule is C.C=C1CCCc2c(OC)cccc21.CC(C)(C)[O-].COc1c(N)ccc2c1CCCC(N1CCN(CCO)CC1)C2.COc1c([N+](=O)[O-])cc(Cl)c2c1CCCC(=O)C2.COc1ccc(Cl)c2c1CCCC(=O)C2.COc1cccc2c1CCCC(O)(S(=O)(=O)[O-])C2.COc1cccc2c1CCCC2=O.Cl.O=CC(F)(F)F.O=NO[O-].O=S(=O)=O.OCCN1CCNCC1.[H-].[K+].[K+].[Na+].[Na+]. The number of benzene rings is 6. The number of ketones is 3. The smallest absolute Gasteiger partial charge is 1.00 e. The molecular formula is C90H125Cl3F3K2N7Na2O25S2. The standard InChI is InChI=1S/C18H29N3O2.C12H12ClNO4.C12H13ClO2.C12H16O5S.C12H14O.C11H12O2.C6H14N2O.C4H9O.C2HF3O.CH4.ClH.2K.HNO3.2Na.O3S.H/c1-23-18-16-4-2-3-15(13-14(16)5-6-17(18)19)21-9-7-20(8-10-21)11-12-22;1-18-12-8-4-2-3-7(15)5-9(8)10(13)6-11(12)14(16)17;1-15-12-6-5-11(13)10-7-8(14)3-2-4-9(10)12;1-17-11-6-2-4-9-8-12(13,18(14,15)16)7-3-5-10(9)11;1-9-5-3-7-11-10(9)6-4-8-12(11)13-2;1-13-11-7-3-4-8-9(11)5-2-6-10(8)12;9-6-5-8-3-1-7-2-4-8;1-4(2,3)5;3-2(4,5)1-6;;;;;2-1-4-3;;;1-4(2)3;/h5-6,15,22H,2-4,7-13,19H2,1H3;6H,2-5H2,1H3;5-6H,2-4,7H2,1H3;2,4,6,13H,3,5,7-8H2,1H3,(H,14,15,16);4,6,8H,1,3,5,7H2,2H3;3-4,7H,2,5-6H2,1H3;7,9H,1-6H2;1-3H3;1H;1H4;1H;;;3H;;;;/q;;;;;;;-1;;;;2*+1;;2*+1;;-1/p-2. The predicted octanol–water partition coefficient (Wildman–Crippen LogP) is -0.379. The van der Waals surface area contributed by atoms with E-state index in [0.717, 1.165) is 173 Å². The van der Waals surface area contributed by atoms with Crippen LogP contribution in [0.1, 0.15) is 178 Å². The fourth-order valence-electron chi connectivity index (χ4n) is 15.7. The third kappa shape index (κ3) is 46.5. The molecule has 2 aliphatic heterocycles. The molecule has 6 aromatic carbocycles. The maximum absolute atomic E-state index is 11.6. The van der Waals surface area contributed by atoms with Crippen molar-refractivity contribution in [3.8, 4) is 34.5 Å². The number of Topliss-reactive ketones (excluding diaryl/α,β-unsaturated/α-hetero) is 3. The number of fused-ring (bicyclic) bond motifs is 6. The van der Waals surface area contributed by atoms with Gasteiger partial charge in [-0.2, -0.15) is 13.2 Å². The molecule has 6 aliphatic carbocycles. The van der Waals surface area contributed by atoms with Crippen LogP contribution in [0.5, 0.6) is 34.5 Å². The second-order valence-electron chi connectivity index (χ2n) is 31.3. The molecule has 14 rings (SSSR count). The van der Waals surface area contributed by atoms with Gasteiger partial charge in [0.15, 0.2) is 16.5 Å². The van der Waals surface area contributed by atoms with E-state index in [2.05, 4.69) is 43.7 Å². The summed E-state index contributed by atoms with van der Waals surface area (Å²) < 4.78 is 122. The normalized spacial score (nSPS) is 16.8. The van der Waals surface area contributed by atoms with E-state index in [1.807, 2.05) is 42.5 Å². The summed E-state index contributed by atoms with van der Waals surface area (Å²) in [5, 5.41) is 62.7. The number of rotatable bonds is 14. The van der Waals surface area contributed by atoms with Crippen molar-refractivity contribution in [3.05, 3.63) is 183 Å². The van der Waals surface area contributed by atoms with Crippen LogP contribution in [0.3, 0.4) is 0 Å². The van der Waals surface area contributed by atoms with Gasteiger partial charge in [0.2, 0.25) is 6.29 Å². The molecule has 0 bridgehead atoms. The molecule has 134 heavy (non-hydrogen) atoms. The molecule has 0 amide bonds. The van der Waals surface area contributed by atoms with Crippen LogP contribution in [0.25, 0.3) is 5.57 Å². The maximum atomic E-state index is 11.6. The summed E-state index contributed by atoms with van der Waals surface area (Å²) >= 11 is 12.1. The number of allylic oxidation sites excluding steroid dienone is 1. The zero-order valence-corrected chi connectivity index (χ0v) is 92.4. The molecule has 44 heteroatoms. The first-order valence-corrected chi connectivity index (χ1v) is 44.8. The Morgan fingerprint density at radius 1 is 0.634 bits per heavy atom. The average molecular weight is 2060 g/mol. The minimum atomic E-state index is -4.75. The van der Waals surface area contributed by atoms with E-state index in [1.165, 1.54) is 72.7 Å².